The maximum Gasteiger partial charge on any atom is 0.317 e. The van der Waals surface area contributed by atoms with Crippen LogP contribution in [0.4, 0.5) is 4.79 Å². The number of hydrogen-bond acceptors (Lipinski definition) is 3. The molecule has 0 atom stereocenters. The van der Waals surface area contributed by atoms with Crippen molar-refractivity contribution in [3.05, 3.63) is 23.7 Å². The van der Waals surface area contributed by atoms with E-state index < -0.39 is 11.4 Å². The fraction of sp³-hybridized carbons (Fsp3) is 0.571. The van der Waals surface area contributed by atoms with Gasteiger partial charge in [-0.2, -0.15) is 0 Å². The first-order valence-corrected chi connectivity index (χ1v) is 6.71. The maximum absolute atomic E-state index is 11.9. The summed E-state index contributed by atoms with van der Waals surface area (Å²) in [5.74, 6) is 0.679. The van der Waals surface area contributed by atoms with E-state index in [1.807, 2.05) is 19.1 Å². The van der Waals surface area contributed by atoms with Gasteiger partial charge in [-0.3, -0.25) is 4.79 Å². The summed E-state index contributed by atoms with van der Waals surface area (Å²) in [6, 6.07) is 3.38. The lowest BCUT2D eigenvalue weighted by Crippen LogP contribution is -2.49. The van der Waals surface area contributed by atoms with Crippen molar-refractivity contribution in [3.8, 4) is 0 Å². The summed E-state index contributed by atoms with van der Waals surface area (Å²) in [6.45, 7) is 2.39. The summed E-state index contributed by atoms with van der Waals surface area (Å²) in [7, 11) is 1.65. The Balaban J connectivity index is 1.83. The third kappa shape index (κ3) is 2.95. The van der Waals surface area contributed by atoms with Gasteiger partial charge in [0.2, 0.25) is 0 Å². The minimum absolute atomic E-state index is 0.183. The number of aryl methyl sites for hydroxylation is 1. The molecule has 0 aromatic carbocycles. The first kappa shape index (κ1) is 14.4. The molecular weight excluding hydrogens is 260 g/mol. The SMILES string of the molecule is Cc1ccc(CN(C)C(=O)NCC2(C(=O)O)CCC2)o1. The predicted molar refractivity (Wildman–Crippen MR) is 72.2 cm³/mol. The third-order valence-corrected chi connectivity index (χ3v) is 3.88. The Kier molecular flexibility index (Phi) is 4.01. The molecule has 1 fully saturated rings. The van der Waals surface area contributed by atoms with Gasteiger partial charge in [0.15, 0.2) is 0 Å². The van der Waals surface area contributed by atoms with Crippen LogP contribution in [0.5, 0.6) is 0 Å². The first-order valence-electron chi connectivity index (χ1n) is 6.71. The van der Waals surface area contributed by atoms with Gasteiger partial charge in [0.1, 0.15) is 11.5 Å². The van der Waals surface area contributed by atoms with E-state index in [0.29, 0.717) is 25.1 Å². The highest BCUT2D eigenvalue weighted by Crippen LogP contribution is 2.40. The van der Waals surface area contributed by atoms with E-state index in [4.69, 9.17) is 4.42 Å². The van der Waals surface area contributed by atoms with Gasteiger partial charge in [-0.25, -0.2) is 4.79 Å². The van der Waals surface area contributed by atoms with Crippen molar-refractivity contribution >= 4 is 12.0 Å². The van der Waals surface area contributed by atoms with E-state index in [1.54, 1.807) is 7.05 Å². The number of furan rings is 1. The topological polar surface area (TPSA) is 82.8 Å². The summed E-state index contributed by atoms with van der Waals surface area (Å²) in [6.07, 6.45) is 2.16. The molecule has 1 aromatic rings. The van der Waals surface area contributed by atoms with Crippen molar-refractivity contribution < 1.29 is 19.1 Å². The molecule has 2 N–H and O–H groups in total. The second-order valence-electron chi connectivity index (χ2n) is 5.47. The van der Waals surface area contributed by atoms with Gasteiger partial charge in [0.25, 0.3) is 0 Å². The van der Waals surface area contributed by atoms with Gasteiger partial charge in [-0.05, 0) is 31.9 Å². The van der Waals surface area contributed by atoms with Crippen LogP contribution in [0.25, 0.3) is 0 Å². The molecule has 0 bridgehead atoms. The number of nitrogens with zero attached hydrogens (tertiary/aromatic N) is 1. The smallest absolute Gasteiger partial charge is 0.317 e. The maximum atomic E-state index is 11.9. The highest BCUT2D eigenvalue weighted by Gasteiger charge is 2.44. The van der Waals surface area contributed by atoms with Crippen LogP contribution in [-0.2, 0) is 11.3 Å². The Labute approximate surface area is 117 Å². The summed E-state index contributed by atoms with van der Waals surface area (Å²) >= 11 is 0. The van der Waals surface area contributed by atoms with E-state index in [1.165, 1.54) is 4.90 Å². The normalized spacial score (nSPS) is 16.3. The van der Waals surface area contributed by atoms with Crippen molar-refractivity contribution in [1.29, 1.82) is 0 Å². The minimum Gasteiger partial charge on any atom is -0.481 e. The molecule has 20 heavy (non-hydrogen) atoms. The number of carboxylic acid groups (broad SMARTS) is 1. The van der Waals surface area contributed by atoms with Crippen molar-refractivity contribution in [2.75, 3.05) is 13.6 Å². The van der Waals surface area contributed by atoms with Gasteiger partial charge in [-0.1, -0.05) is 6.42 Å². The van der Waals surface area contributed by atoms with Crippen LogP contribution in [0.1, 0.15) is 30.8 Å². The highest BCUT2D eigenvalue weighted by molar-refractivity contribution is 5.78. The number of hydrogen-bond donors (Lipinski definition) is 2. The average molecular weight is 280 g/mol. The first-order chi connectivity index (χ1) is 9.43. The summed E-state index contributed by atoms with van der Waals surface area (Å²) in [4.78, 5) is 24.6. The zero-order valence-corrected chi connectivity index (χ0v) is 11.8. The molecular formula is C14H20N2O4. The number of carboxylic acids is 1. The molecule has 1 aromatic heterocycles. The lowest BCUT2D eigenvalue weighted by molar-refractivity contribution is -0.153. The zero-order chi connectivity index (χ0) is 14.8. The van der Waals surface area contributed by atoms with Crippen molar-refractivity contribution in [1.82, 2.24) is 10.2 Å². The second-order valence-corrected chi connectivity index (χ2v) is 5.47. The molecule has 0 unspecified atom stereocenters. The van der Waals surface area contributed by atoms with E-state index in [0.717, 1.165) is 12.2 Å². The number of carbonyl (C=O) groups is 2. The largest absolute Gasteiger partial charge is 0.481 e. The molecule has 1 heterocycles. The van der Waals surface area contributed by atoms with Crippen LogP contribution in [0.15, 0.2) is 16.5 Å². The molecule has 0 radical (unpaired) electrons. The molecule has 6 nitrogen and oxygen atoms in total. The molecule has 1 aliphatic carbocycles. The van der Waals surface area contributed by atoms with Crippen LogP contribution < -0.4 is 5.32 Å². The molecule has 6 heteroatoms. The van der Waals surface area contributed by atoms with E-state index >= 15 is 0 Å². The summed E-state index contributed by atoms with van der Waals surface area (Å²) in [5, 5.41) is 11.9. The lowest BCUT2D eigenvalue weighted by Gasteiger charge is -2.37. The molecule has 110 valence electrons. The predicted octanol–water partition coefficient (Wildman–Crippen LogP) is 1.98. The van der Waals surface area contributed by atoms with Gasteiger partial charge in [0.05, 0.1) is 12.0 Å². The Morgan fingerprint density at radius 3 is 2.60 bits per heavy atom. The minimum atomic E-state index is -0.826. The molecule has 0 saturated heterocycles. The van der Waals surface area contributed by atoms with E-state index in [-0.39, 0.29) is 12.6 Å². The number of urea groups is 1. The van der Waals surface area contributed by atoms with E-state index in [9.17, 15) is 14.7 Å². The van der Waals surface area contributed by atoms with Crippen LogP contribution in [0.3, 0.4) is 0 Å². The highest BCUT2D eigenvalue weighted by atomic mass is 16.4. The Morgan fingerprint density at radius 1 is 1.45 bits per heavy atom. The third-order valence-electron chi connectivity index (χ3n) is 3.88. The molecule has 0 spiro atoms. The number of carbonyl (C=O) groups excluding carboxylic acids is 1. The van der Waals surface area contributed by atoms with Crippen LogP contribution in [-0.4, -0.2) is 35.6 Å². The Hall–Kier alpha value is -1.98. The van der Waals surface area contributed by atoms with Gasteiger partial charge < -0.3 is 19.7 Å². The number of nitrogens with one attached hydrogen (secondary N) is 1. The average Bonchev–Trinajstić information content (AvgIpc) is 2.72. The summed E-state index contributed by atoms with van der Waals surface area (Å²) in [5.41, 5.74) is -0.766. The van der Waals surface area contributed by atoms with Crippen LogP contribution >= 0.6 is 0 Å². The van der Waals surface area contributed by atoms with Crippen LogP contribution in [0, 0.1) is 12.3 Å². The van der Waals surface area contributed by atoms with Gasteiger partial charge in [-0.15, -0.1) is 0 Å². The standard InChI is InChI=1S/C14H20N2O4/c1-10-4-5-11(20-10)8-16(2)13(19)15-9-14(12(17)18)6-3-7-14/h4-5H,3,6-9H2,1-2H3,(H,15,19)(H,17,18). The number of rotatable bonds is 5. The summed E-state index contributed by atoms with van der Waals surface area (Å²) < 4.78 is 5.40. The van der Waals surface area contributed by atoms with Crippen molar-refractivity contribution in [2.24, 2.45) is 5.41 Å². The molecule has 1 aliphatic rings. The van der Waals surface area contributed by atoms with Crippen molar-refractivity contribution in [3.63, 3.8) is 0 Å². The van der Waals surface area contributed by atoms with E-state index in [2.05, 4.69) is 5.32 Å². The fourth-order valence-electron chi connectivity index (χ4n) is 2.33. The Morgan fingerprint density at radius 2 is 2.15 bits per heavy atom. The number of aliphatic carboxylic acids is 1. The zero-order valence-electron chi connectivity index (χ0n) is 11.8. The molecule has 2 rings (SSSR count). The van der Waals surface area contributed by atoms with Gasteiger partial charge >= 0.3 is 12.0 Å². The number of amides is 2. The Bertz CT molecular complexity index is 505. The molecule has 2 amide bonds. The lowest BCUT2D eigenvalue weighted by atomic mass is 9.69. The monoisotopic (exact) mass is 280 g/mol. The van der Waals surface area contributed by atoms with Crippen molar-refractivity contribution in [2.45, 2.75) is 32.7 Å². The second kappa shape index (κ2) is 5.56. The van der Waals surface area contributed by atoms with Crippen LogP contribution in [0.2, 0.25) is 0 Å². The molecule has 0 aliphatic heterocycles. The van der Waals surface area contributed by atoms with Gasteiger partial charge in [0, 0.05) is 13.6 Å². The quantitative estimate of drug-likeness (QED) is 0.864. The molecule has 1 saturated carbocycles. The fourth-order valence-corrected chi connectivity index (χ4v) is 2.33.